The molecular weight excluding hydrogens is 248 g/mol. The Morgan fingerprint density at radius 3 is 2.70 bits per heavy atom. The zero-order valence-electron chi connectivity index (χ0n) is 12.8. The average Bonchev–Trinajstić information content (AvgIpc) is 2.94. The summed E-state index contributed by atoms with van der Waals surface area (Å²) in [6.45, 7) is 8.07. The molecule has 3 heteroatoms. The lowest BCUT2D eigenvalue weighted by Crippen LogP contribution is -2.43. The summed E-state index contributed by atoms with van der Waals surface area (Å²) in [4.78, 5) is 2.61. The Bertz CT molecular complexity index is 384. The molecule has 0 saturated carbocycles. The predicted octanol–water partition coefficient (Wildman–Crippen LogP) is 2.79. The SMILES string of the molecule is CCCN(CC1CCCN1)C(C)Cc1ccc(O)cc1. The highest BCUT2D eigenvalue weighted by Crippen LogP contribution is 2.15. The monoisotopic (exact) mass is 276 g/mol. The van der Waals surface area contributed by atoms with Crippen molar-refractivity contribution in [1.29, 1.82) is 0 Å². The molecule has 2 rings (SSSR count). The third-order valence-electron chi connectivity index (χ3n) is 4.22. The number of hydrogen-bond acceptors (Lipinski definition) is 3. The normalized spacial score (nSPS) is 20.4. The molecule has 2 atom stereocenters. The topological polar surface area (TPSA) is 35.5 Å². The number of phenols is 1. The first-order chi connectivity index (χ1) is 9.69. The van der Waals surface area contributed by atoms with Gasteiger partial charge in [-0.15, -0.1) is 0 Å². The molecular formula is C17H28N2O. The first-order valence-corrected chi connectivity index (χ1v) is 7.94. The second-order valence-corrected chi connectivity index (χ2v) is 6.01. The van der Waals surface area contributed by atoms with Crippen molar-refractivity contribution in [2.24, 2.45) is 0 Å². The molecule has 1 fully saturated rings. The Hall–Kier alpha value is -1.06. The molecule has 1 saturated heterocycles. The molecule has 2 N–H and O–H groups in total. The number of nitrogens with one attached hydrogen (secondary N) is 1. The van der Waals surface area contributed by atoms with Crippen LogP contribution in [-0.2, 0) is 6.42 Å². The van der Waals surface area contributed by atoms with Gasteiger partial charge in [0.15, 0.2) is 0 Å². The largest absolute Gasteiger partial charge is 0.508 e. The van der Waals surface area contributed by atoms with Crippen molar-refractivity contribution in [2.45, 2.75) is 51.6 Å². The minimum atomic E-state index is 0.349. The van der Waals surface area contributed by atoms with Gasteiger partial charge in [0.1, 0.15) is 5.75 Å². The van der Waals surface area contributed by atoms with Gasteiger partial charge in [0.2, 0.25) is 0 Å². The van der Waals surface area contributed by atoms with Gasteiger partial charge in [-0.1, -0.05) is 19.1 Å². The molecule has 2 unspecified atom stereocenters. The molecule has 0 amide bonds. The standard InChI is InChI=1S/C17H28N2O/c1-3-11-19(13-16-5-4-10-18-16)14(2)12-15-6-8-17(20)9-7-15/h6-9,14,16,18,20H,3-5,10-13H2,1-2H3. The summed E-state index contributed by atoms with van der Waals surface area (Å²) >= 11 is 0. The number of nitrogens with zero attached hydrogens (tertiary/aromatic N) is 1. The van der Waals surface area contributed by atoms with Crippen LogP contribution in [0.2, 0.25) is 0 Å². The molecule has 20 heavy (non-hydrogen) atoms. The molecule has 0 bridgehead atoms. The smallest absolute Gasteiger partial charge is 0.115 e. The third-order valence-corrected chi connectivity index (χ3v) is 4.22. The van der Waals surface area contributed by atoms with E-state index in [0.29, 0.717) is 17.8 Å². The van der Waals surface area contributed by atoms with E-state index in [2.05, 4.69) is 24.1 Å². The Labute approximate surface area is 123 Å². The van der Waals surface area contributed by atoms with E-state index in [1.165, 1.54) is 31.4 Å². The summed E-state index contributed by atoms with van der Waals surface area (Å²) in [5, 5.41) is 13.0. The van der Waals surface area contributed by atoms with Gasteiger partial charge in [0.05, 0.1) is 0 Å². The number of aromatic hydroxyl groups is 1. The Balaban J connectivity index is 1.91. The quantitative estimate of drug-likeness (QED) is 0.804. The first kappa shape index (κ1) is 15.3. The van der Waals surface area contributed by atoms with E-state index in [9.17, 15) is 5.11 Å². The second kappa shape index (κ2) is 7.65. The minimum absolute atomic E-state index is 0.349. The molecule has 1 aromatic rings. The van der Waals surface area contributed by atoms with Crippen molar-refractivity contribution in [3.8, 4) is 5.75 Å². The van der Waals surface area contributed by atoms with Gasteiger partial charge >= 0.3 is 0 Å². The van der Waals surface area contributed by atoms with Crippen LogP contribution in [-0.4, -0.2) is 41.7 Å². The summed E-state index contributed by atoms with van der Waals surface area (Å²) in [5.41, 5.74) is 1.30. The number of rotatable bonds is 7. The van der Waals surface area contributed by atoms with Crippen LogP contribution >= 0.6 is 0 Å². The lowest BCUT2D eigenvalue weighted by molar-refractivity contribution is 0.190. The highest BCUT2D eigenvalue weighted by molar-refractivity contribution is 5.26. The lowest BCUT2D eigenvalue weighted by Gasteiger charge is -2.31. The molecule has 0 aromatic heterocycles. The lowest BCUT2D eigenvalue weighted by atomic mass is 10.0. The molecule has 112 valence electrons. The van der Waals surface area contributed by atoms with Crippen molar-refractivity contribution in [3.63, 3.8) is 0 Å². The van der Waals surface area contributed by atoms with Crippen molar-refractivity contribution in [3.05, 3.63) is 29.8 Å². The maximum Gasteiger partial charge on any atom is 0.115 e. The fraction of sp³-hybridized carbons (Fsp3) is 0.647. The Morgan fingerprint density at radius 2 is 2.10 bits per heavy atom. The van der Waals surface area contributed by atoms with E-state index in [1.807, 2.05) is 12.1 Å². The van der Waals surface area contributed by atoms with Crippen molar-refractivity contribution in [2.75, 3.05) is 19.6 Å². The summed E-state index contributed by atoms with van der Waals surface area (Å²) in [6, 6.07) is 8.84. The maximum absolute atomic E-state index is 9.36. The Morgan fingerprint density at radius 1 is 1.35 bits per heavy atom. The van der Waals surface area contributed by atoms with Crippen LogP contribution in [0.4, 0.5) is 0 Å². The third kappa shape index (κ3) is 4.50. The number of hydrogen-bond donors (Lipinski definition) is 2. The van der Waals surface area contributed by atoms with Gasteiger partial charge in [-0.3, -0.25) is 4.90 Å². The van der Waals surface area contributed by atoms with E-state index in [0.717, 1.165) is 19.5 Å². The maximum atomic E-state index is 9.36. The fourth-order valence-corrected chi connectivity index (χ4v) is 3.08. The van der Waals surface area contributed by atoms with E-state index < -0.39 is 0 Å². The van der Waals surface area contributed by atoms with Gasteiger partial charge in [0.25, 0.3) is 0 Å². The van der Waals surface area contributed by atoms with Crippen LogP contribution < -0.4 is 5.32 Å². The second-order valence-electron chi connectivity index (χ2n) is 6.01. The molecule has 3 nitrogen and oxygen atoms in total. The zero-order chi connectivity index (χ0) is 14.4. The molecule has 0 aliphatic carbocycles. The molecule has 0 spiro atoms. The Kier molecular flexibility index (Phi) is 5.86. The molecule has 1 aliphatic rings. The zero-order valence-corrected chi connectivity index (χ0v) is 12.8. The van der Waals surface area contributed by atoms with Crippen LogP contribution in [0.1, 0.15) is 38.7 Å². The number of benzene rings is 1. The van der Waals surface area contributed by atoms with Crippen molar-refractivity contribution < 1.29 is 5.11 Å². The van der Waals surface area contributed by atoms with Crippen LogP contribution in [0.5, 0.6) is 5.75 Å². The molecule has 1 heterocycles. The average molecular weight is 276 g/mol. The van der Waals surface area contributed by atoms with Crippen molar-refractivity contribution in [1.82, 2.24) is 10.2 Å². The summed E-state index contributed by atoms with van der Waals surface area (Å²) in [5.74, 6) is 0.349. The van der Waals surface area contributed by atoms with Crippen LogP contribution in [0.3, 0.4) is 0 Å². The molecule has 1 aromatic carbocycles. The van der Waals surface area contributed by atoms with E-state index in [1.54, 1.807) is 12.1 Å². The van der Waals surface area contributed by atoms with Crippen LogP contribution in [0.25, 0.3) is 0 Å². The van der Waals surface area contributed by atoms with Crippen LogP contribution in [0.15, 0.2) is 24.3 Å². The van der Waals surface area contributed by atoms with Gasteiger partial charge < -0.3 is 10.4 Å². The van der Waals surface area contributed by atoms with Crippen LogP contribution in [0, 0.1) is 0 Å². The van der Waals surface area contributed by atoms with Gasteiger partial charge in [-0.05, 0) is 63.4 Å². The fourth-order valence-electron chi connectivity index (χ4n) is 3.08. The minimum Gasteiger partial charge on any atom is -0.508 e. The van der Waals surface area contributed by atoms with Crippen molar-refractivity contribution >= 4 is 0 Å². The summed E-state index contributed by atoms with van der Waals surface area (Å²) in [7, 11) is 0. The highest BCUT2D eigenvalue weighted by atomic mass is 16.3. The first-order valence-electron chi connectivity index (χ1n) is 7.94. The summed E-state index contributed by atoms with van der Waals surface area (Å²) in [6.07, 6.45) is 4.88. The van der Waals surface area contributed by atoms with Gasteiger partial charge in [0, 0.05) is 18.6 Å². The van der Waals surface area contributed by atoms with E-state index >= 15 is 0 Å². The van der Waals surface area contributed by atoms with Gasteiger partial charge in [-0.2, -0.15) is 0 Å². The van der Waals surface area contributed by atoms with E-state index in [4.69, 9.17) is 0 Å². The van der Waals surface area contributed by atoms with Gasteiger partial charge in [-0.25, -0.2) is 0 Å². The predicted molar refractivity (Wildman–Crippen MR) is 84.2 cm³/mol. The molecule has 0 radical (unpaired) electrons. The van der Waals surface area contributed by atoms with E-state index in [-0.39, 0.29) is 0 Å². The highest BCUT2D eigenvalue weighted by Gasteiger charge is 2.21. The summed E-state index contributed by atoms with van der Waals surface area (Å²) < 4.78 is 0. The number of phenolic OH excluding ortho intramolecular Hbond substituents is 1. The molecule has 1 aliphatic heterocycles.